The van der Waals surface area contributed by atoms with Crippen LogP contribution in [0.25, 0.3) is 0 Å². The van der Waals surface area contributed by atoms with E-state index < -0.39 is 15.8 Å². The molecule has 0 aromatic heterocycles. The largest absolute Gasteiger partial charge is 0.326 e. The van der Waals surface area contributed by atoms with Crippen molar-refractivity contribution in [2.45, 2.75) is 18.4 Å². The van der Waals surface area contributed by atoms with Crippen LogP contribution in [-0.2, 0) is 16.6 Å². The summed E-state index contributed by atoms with van der Waals surface area (Å²) < 4.78 is 41.8. The molecule has 0 amide bonds. The summed E-state index contributed by atoms with van der Waals surface area (Å²) in [6.07, 6.45) is 0. The molecule has 0 aliphatic heterocycles. The molecule has 0 fully saturated rings. The summed E-state index contributed by atoms with van der Waals surface area (Å²) >= 11 is 3.26. The number of anilines is 1. The van der Waals surface area contributed by atoms with Crippen LogP contribution < -0.4 is 10.5 Å². The van der Waals surface area contributed by atoms with E-state index in [4.69, 9.17) is 5.73 Å². The minimum atomic E-state index is -3.90. The van der Waals surface area contributed by atoms with Gasteiger partial charge in [0.05, 0.1) is 10.6 Å². The highest BCUT2D eigenvalue weighted by atomic mass is 79.9. The van der Waals surface area contributed by atoms with E-state index in [-0.39, 0.29) is 17.0 Å². The fraction of sp³-hybridized carbons (Fsp3) is 0.143. The Morgan fingerprint density at radius 1 is 1.29 bits per heavy atom. The summed E-state index contributed by atoms with van der Waals surface area (Å²) in [5.41, 5.74) is 6.34. The van der Waals surface area contributed by atoms with Crippen LogP contribution >= 0.6 is 15.9 Å². The molecule has 0 atom stereocenters. The van der Waals surface area contributed by atoms with Crippen molar-refractivity contribution in [1.29, 1.82) is 0 Å². The number of para-hydroxylation sites is 1. The number of rotatable bonds is 4. The lowest BCUT2D eigenvalue weighted by atomic mass is 10.1. The number of hydrogen-bond donors (Lipinski definition) is 2. The smallest absolute Gasteiger partial charge is 0.262 e. The number of nitrogens with two attached hydrogens (primary N) is 1. The van der Waals surface area contributed by atoms with Crippen molar-refractivity contribution in [3.8, 4) is 0 Å². The first-order valence-corrected chi connectivity index (χ1v) is 8.39. The first kappa shape index (κ1) is 15.9. The molecule has 3 N–H and O–H groups in total. The van der Waals surface area contributed by atoms with Crippen LogP contribution in [0, 0.1) is 12.7 Å². The summed E-state index contributed by atoms with van der Waals surface area (Å²) in [7, 11) is -3.90. The average Bonchev–Trinajstić information content (AvgIpc) is 2.43. The molecule has 2 rings (SSSR count). The van der Waals surface area contributed by atoms with E-state index in [0.717, 1.165) is 0 Å². The predicted molar refractivity (Wildman–Crippen MR) is 84.0 cm³/mol. The van der Waals surface area contributed by atoms with Crippen LogP contribution in [0.2, 0.25) is 0 Å². The van der Waals surface area contributed by atoms with Crippen molar-refractivity contribution in [1.82, 2.24) is 0 Å². The van der Waals surface area contributed by atoms with Gasteiger partial charge in [-0.3, -0.25) is 4.72 Å². The van der Waals surface area contributed by atoms with Crippen molar-refractivity contribution in [3.05, 3.63) is 57.8 Å². The van der Waals surface area contributed by atoms with Gasteiger partial charge in [0.1, 0.15) is 5.82 Å². The van der Waals surface area contributed by atoms with Gasteiger partial charge in [-0.2, -0.15) is 0 Å². The van der Waals surface area contributed by atoms with Gasteiger partial charge < -0.3 is 5.73 Å². The Labute approximate surface area is 131 Å². The Bertz CT molecular complexity index is 779. The van der Waals surface area contributed by atoms with E-state index in [1.165, 1.54) is 19.1 Å². The fourth-order valence-corrected chi connectivity index (χ4v) is 3.75. The van der Waals surface area contributed by atoms with Crippen LogP contribution in [0.15, 0.2) is 45.8 Å². The Morgan fingerprint density at radius 2 is 1.95 bits per heavy atom. The third-order valence-corrected chi connectivity index (χ3v) is 5.18. The van der Waals surface area contributed by atoms with Crippen molar-refractivity contribution in [2.75, 3.05) is 4.72 Å². The second-order valence-electron chi connectivity index (χ2n) is 4.49. The molecule has 4 nitrogen and oxygen atoms in total. The Kier molecular flexibility index (Phi) is 4.65. The number of halogens is 2. The van der Waals surface area contributed by atoms with E-state index in [1.807, 2.05) is 0 Å². The quantitative estimate of drug-likeness (QED) is 0.865. The van der Waals surface area contributed by atoms with Gasteiger partial charge in [-0.25, -0.2) is 12.8 Å². The standard InChI is InChI=1S/C14H14BrFN2O2S/c1-9-12(16)6-10(8-17)7-14(9)21(19,20)18-13-5-3-2-4-11(13)15/h2-7,18H,8,17H2,1H3. The second kappa shape index (κ2) is 6.13. The highest BCUT2D eigenvalue weighted by Gasteiger charge is 2.21. The second-order valence-corrected chi connectivity index (χ2v) is 7.00. The topological polar surface area (TPSA) is 72.2 Å². The summed E-state index contributed by atoms with van der Waals surface area (Å²) in [6.45, 7) is 1.49. The lowest BCUT2D eigenvalue weighted by Crippen LogP contribution is -2.16. The molecular weight excluding hydrogens is 359 g/mol. The summed E-state index contributed by atoms with van der Waals surface area (Å²) in [5, 5.41) is 0. The molecule has 0 saturated carbocycles. The van der Waals surface area contributed by atoms with E-state index in [1.54, 1.807) is 24.3 Å². The molecule has 2 aromatic rings. The molecule has 7 heteroatoms. The third-order valence-electron chi connectivity index (χ3n) is 3.00. The minimum absolute atomic E-state index is 0.0618. The first-order valence-electron chi connectivity index (χ1n) is 6.11. The SMILES string of the molecule is Cc1c(F)cc(CN)cc1S(=O)(=O)Nc1ccccc1Br. The zero-order valence-electron chi connectivity index (χ0n) is 11.2. The van der Waals surface area contributed by atoms with Crippen LogP contribution in [0.1, 0.15) is 11.1 Å². The number of benzene rings is 2. The normalized spacial score (nSPS) is 11.4. The predicted octanol–water partition coefficient (Wildman–Crippen LogP) is 3.16. The molecule has 0 radical (unpaired) electrons. The van der Waals surface area contributed by atoms with Gasteiger partial charge in [-0.15, -0.1) is 0 Å². The maximum absolute atomic E-state index is 13.8. The van der Waals surface area contributed by atoms with Gasteiger partial charge in [-0.05, 0) is 52.7 Å². The zero-order chi connectivity index (χ0) is 15.6. The van der Waals surface area contributed by atoms with Gasteiger partial charge >= 0.3 is 0 Å². The van der Waals surface area contributed by atoms with Gasteiger partial charge in [0.2, 0.25) is 0 Å². The maximum Gasteiger partial charge on any atom is 0.262 e. The monoisotopic (exact) mass is 372 g/mol. The summed E-state index contributed by atoms with van der Waals surface area (Å²) in [4.78, 5) is -0.112. The van der Waals surface area contributed by atoms with E-state index in [9.17, 15) is 12.8 Å². The van der Waals surface area contributed by atoms with E-state index in [0.29, 0.717) is 15.7 Å². The zero-order valence-corrected chi connectivity index (χ0v) is 13.6. The molecule has 0 heterocycles. The van der Waals surface area contributed by atoms with Gasteiger partial charge in [-0.1, -0.05) is 12.1 Å². The third kappa shape index (κ3) is 3.42. The molecule has 0 aliphatic carbocycles. The highest BCUT2D eigenvalue weighted by Crippen LogP contribution is 2.27. The first-order chi connectivity index (χ1) is 9.85. The van der Waals surface area contributed by atoms with Crippen LogP contribution in [-0.4, -0.2) is 8.42 Å². The van der Waals surface area contributed by atoms with E-state index >= 15 is 0 Å². The fourth-order valence-electron chi connectivity index (χ4n) is 1.85. The van der Waals surface area contributed by atoms with Gasteiger partial charge in [0.25, 0.3) is 10.0 Å². The molecular formula is C14H14BrFN2O2S. The highest BCUT2D eigenvalue weighted by molar-refractivity contribution is 9.10. The molecule has 2 aromatic carbocycles. The maximum atomic E-state index is 13.8. The molecule has 0 aliphatic rings. The van der Waals surface area contributed by atoms with Gasteiger partial charge in [0.15, 0.2) is 0 Å². The summed E-state index contributed by atoms with van der Waals surface area (Å²) in [6, 6.07) is 9.42. The van der Waals surface area contributed by atoms with Crippen molar-refractivity contribution < 1.29 is 12.8 Å². The molecule has 0 bridgehead atoms. The average molecular weight is 373 g/mol. The van der Waals surface area contributed by atoms with Gasteiger partial charge in [0, 0.05) is 16.6 Å². The lowest BCUT2D eigenvalue weighted by Gasteiger charge is -2.13. The molecule has 0 spiro atoms. The number of hydrogen-bond acceptors (Lipinski definition) is 3. The molecule has 112 valence electrons. The van der Waals surface area contributed by atoms with Crippen LogP contribution in [0.3, 0.4) is 0 Å². The van der Waals surface area contributed by atoms with Crippen LogP contribution in [0.5, 0.6) is 0 Å². The van der Waals surface area contributed by atoms with Crippen molar-refractivity contribution in [2.24, 2.45) is 5.73 Å². The Balaban J connectivity index is 2.50. The molecule has 0 unspecified atom stereocenters. The molecule has 21 heavy (non-hydrogen) atoms. The van der Waals surface area contributed by atoms with Crippen molar-refractivity contribution >= 4 is 31.6 Å². The minimum Gasteiger partial charge on any atom is -0.326 e. The van der Waals surface area contributed by atoms with E-state index in [2.05, 4.69) is 20.7 Å². The summed E-state index contributed by atoms with van der Waals surface area (Å²) in [5.74, 6) is -0.592. The van der Waals surface area contributed by atoms with Crippen molar-refractivity contribution in [3.63, 3.8) is 0 Å². The Hall–Kier alpha value is -1.44. The molecule has 0 saturated heterocycles. The van der Waals surface area contributed by atoms with Crippen LogP contribution in [0.4, 0.5) is 10.1 Å². The Morgan fingerprint density at radius 3 is 2.57 bits per heavy atom. The number of sulfonamides is 1. The number of nitrogens with one attached hydrogen (secondary N) is 1. The lowest BCUT2D eigenvalue weighted by molar-refractivity contribution is 0.589.